The van der Waals surface area contributed by atoms with E-state index in [0.717, 1.165) is 19.4 Å². The third-order valence-electron chi connectivity index (χ3n) is 3.30. The van der Waals surface area contributed by atoms with Crippen molar-refractivity contribution in [3.8, 4) is 0 Å². The Bertz CT molecular complexity index is 412. The second-order valence-electron chi connectivity index (χ2n) is 4.96. The van der Waals surface area contributed by atoms with Crippen LogP contribution in [0.2, 0.25) is 5.02 Å². The zero-order valence-corrected chi connectivity index (χ0v) is 10.7. The van der Waals surface area contributed by atoms with Crippen molar-refractivity contribution < 1.29 is 9.50 Å². The lowest BCUT2D eigenvalue weighted by Gasteiger charge is -2.37. The van der Waals surface area contributed by atoms with Crippen molar-refractivity contribution in [1.82, 2.24) is 4.90 Å². The van der Waals surface area contributed by atoms with E-state index < -0.39 is 11.4 Å². The Hall–Kier alpha value is -0.640. The van der Waals surface area contributed by atoms with Gasteiger partial charge in [-0.3, -0.25) is 0 Å². The van der Waals surface area contributed by atoms with Gasteiger partial charge in [0.1, 0.15) is 5.82 Å². The average molecular weight is 258 g/mol. The molecule has 0 saturated carbocycles. The number of hydrogen-bond donors (Lipinski definition) is 1. The maximum Gasteiger partial charge on any atom is 0.142 e. The van der Waals surface area contributed by atoms with E-state index in [9.17, 15) is 9.50 Å². The van der Waals surface area contributed by atoms with E-state index in [1.54, 1.807) is 12.1 Å². The van der Waals surface area contributed by atoms with Crippen LogP contribution in [0.4, 0.5) is 4.39 Å². The highest BCUT2D eigenvalue weighted by Crippen LogP contribution is 2.28. The van der Waals surface area contributed by atoms with Gasteiger partial charge in [0.15, 0.2) is 0 Å². The van der Waals surface area contributed by atoms with Crippen LogP contribution in [0.1, 0.15) is 18.4 Å². The molecule has 94 valence electrons. The van der Waals surface area contributed by atoms with E-state index in [0.29, 0.717) is 18.5 Å². The molecule has 1 aromatic rings. The van der Waals surface area contributed by atoms with E-state index in [2.05, 4.69) is 4.90 Å². The predicted molar refractivity (Wildman–Crippen MR) is 66.8 cm³/mol. The Morgan fingerprint density at radius 3 is 3.00 bits per heavy atom. The van der Waals surface area contributed by atoms with Crippen LogP contribution in [0.15, 0.2) is 18.2 Å². The molecule has 1 fully saturated rings. The minimum Gasteiger partial charge on any atom is -0.388 e. The van der Waals surface area contributed by atoms with Crippen LogP contribution in [0.25, 0.3) is 0 Å². The molecular weight excluding hydrogens is 241 g/mol. The fraction of sp³-hybridized carbons (Fsp3) is 0.538. The van der Waals surface area contributed by atoms with E-state index in [4.69, 9.17) is 11.6 Å². The zero-order chi connectivity index (χ0) is 12.5. The first-order valence-corrected chi connectivity index (χ1v) is 6.22. The monoisotopic (exact) mass is 257 g/mol. The molecule has 1 atom stereocenters. The highest BCUT2D eigenvalue weighted by atomic mass is 35.5. The highest BCUT2D eigenvalue weighted by molar-refractivity contribution is 6.31. The Labute approximate surface area is 106 Å². The molecule has 1 aliphatic heterocycles. The molecule has 0 amide bonds. The molecule has 1 N–H and O–H groups in total. The van der Waals surface area contributed by atoms with Gasteiger partial charge in [-0.15, -0.1) is 0 Å². The van der Waals surface area contributed by atoms with Gasteiger partial charge < -0.3 is 10.0 Å². The van der Waals surface area contributed by atoms with E-state index in [-0.39, 0.29) is 5.02 Å². The second kappa shape index (κ2) is 4.92. The summed E-state index contributed by atoms with van der Waals surface area (Å²) in [6, 6.07) is 4.74. The van der Waals surface area contributed by atoms with Crippen molar-refractivity contribution in [2.75, 3.05) is 20.1 Å². The Kier molecular flexibility index (Phi) is 3.71. The number of benzene rings is 1. The first-order chi connectivity index (χ1) is 8.00. The van der Waals surface area contributed by atoms with E-state index in [1.165, 1.54) is 6.07 Å². The number of halogens is 2. The van der Waals surface area contributed by atoms with Crippen LogP contribution in [0.5, 0.6) is 0 Å². The summed E-state index contributed by atoms with van der Waals surface area (Å²) < 4.78 is 13.3. The summed E-state index contributed by atoms with van der Waals surface area (Å²) >= 11 is 5.91. The molecule has 2 rings (SSSR count). The number of β-amino-alcohol motifs (C(OH)–C–C–N with tert-alkyl or cyclic N) is 1. The quantitative estimate of drug-likeness (QED) is 0.880. The van der Waals surface area contributed by atoms with Crippen molar-refractivity contribution in [2.24, 2.45) is 0 Å². The molecule has 0 radical (unpaired) electrons. The van der Waals surface area contributed by atoms with Gasteiger partial charge in [0.05, 0.1) is 10.6 Å². The highest BCUT2D eigenvalue weighted by Gasteiger charge is 2.32. The minimum atomic E-state index is -0.787. The summed E-state index contributed by atoms with van der Waals surface area (Å²) in [5, 5.41) is 10.6. The SMILES string of the molecule is CN1CCCC(O)(Cc2cccc(F)c2Cl)C1. The number of nitrogens with zero attached hydrogens (tertiary/aromatic N) is 1. The summed E-state index contributed by atoms with van der Waals surface area (Å²) in [5.41, 5.74) is -0.103. The molecule has 1 unspecified atom stereocenters. The van der Waals surface area contributed by atoms with Crippen molar-refractivity contribution in [3.05, 3.63) is 34.6 Å². The van der Waals surface area contributed by atoms with Gasteiger partial charge in [-0.1, -0.05) is 23.7 Å². The maximum absolute atomic E-state index is 13.3. The molecular formula is C13H17ClFNO. The number of aliphatic hydroxyl groups is 1. The smallest absolute Gasteiger partial charge is 0.142 e. The Balaban J connectivity index is 2.17. The van der Waals surface area contributed by atoms with Gasteiger partial charge in [-0.05, 0) is 38.1 Å². The minimum absolute atomic E-state index is 0.133. The van der Waals surface area contributed by atoms with E-state index >= 15 is 0 Å². The molecule has 1 aromatic carbocycles. The van der Waals surface area contributed by atoms with Crippen molar-refractivity contribution in [3.63, 3.8) is 0 Å². The number of likely N-dealkylation sites (tertiary alicyclic amines) is 1. The molecule has 4 heteroatoms. The maximum atomic E-state index is 13.3. The van der Waals surface area contributed by atoms with Crippen molar-refractivity contribution in [2.45, 2.75) is 24.9 Å². The van der Waals surface area contributed by atoms with Crippen LogP contribution in [0, 0.1) is 5.82 Å². The average Bonchev–Trinajstić information content (AvgIpc) is 2.24. The lowest BCUT2D eigenvalue weighted by Crippen LogP contribution is -2.47. The fourth-order valence-corrected chi connectivity index (χ4v) is 2.72. The standard InChI is InChI=1S/C13H17ClFNO/c1-16-7-3-6-13(17,9-16)8-10-4-2-5-11(15)12(10)14/h2,4-5,17H,3,6-9H2,1H3. The number of rotatable bonds is 2. The summed E-state index contributed by atoms with van der Waals surface area (Å²) in [5.74, 6) is -0.420. The van der Waals surface area contributed by atoms with Crippen molar-refractivity contribution >= 4 is 11.6 Å². The fourth-order valence-electron chi connectivity index (χ4n) is 2.52. The van der Waals surface area contributed by atoms with Gasteiger partial charge in [0, 0.05) is 13.0 Å². The molecule has 1 aliphatic rings. The first kappa shape index (κ1) is 12.8. The third kappa shape index (κ3) is 2.97. The van der Waals surface area contributed by atoms with Gasteiger partial charge in [0.2, 0.25) is 0 Å². The summed E-state index contributed by atoms with van der Waals surface area (Å²) in [6.07, 6.45) is 2.11. The van der Waals surface area contributed by atoms with Gasteiger partial charge in [0.25, 0.3) is 0 Å². The molecule has 2 nitrogen and oxygen atoms in total. The van der Waals surface area contributed by atoms with E-state index in [1.807, 2.05) is 7.05 Å². The first-order valence-electron chi connectivity index (χ1n) is 5.84. The zero-order valence-electron chi connectivity index (χ0n) is 9.92. The normalized spacial score (nSPS) is 26.1. The van der Waals surface area contributed by atoms with Crippen LogP contribution in [0.3, 0.4) is 0 Å². The number of likely N-dealkylation sites (N-methyl/N-ethyl adjacent to an activating group) is 1. The lowest BCUT2D eigenvalue weighted by atomic mass is 9.87. The molecule has 0 spiro atoms. The van der Waals surface area contributed by atoms with Gasteiger partial charge in [-0.2, -0.15) is 0 Å². The van der Waals surface area contributed by atoms with Crippen LogP contribution >= 0.6 is 11.6 Å². The Morgan fingerprint density at radius 2 is 2.29 bits per heavy atom. The molecule has 0 aromatic heterocycles. The van der Waals surface area contributed by atoms with Gasteiger partial charge >= 0.3 is 0 Å². The summed E-state index contributed by atoms with van der Waals surface area (Å²) in [7, 11) is 1.98. The lowest BCUT2D eigenvalue weighted by molar-refractivity contribution is -0.0224. The summed E-state index contributed by atoms with van der Waals surface area (Å²) in [4.78, 5) is 2.09. The largest absolute Gasteiger partial charge is 0.388 e. The number of piperidine rings is 1. The summed E-state index contributed by atoms with van der Waals surface area (Å²) in [6.45, 7) is 1.61. The molecule has 0 aliphatic carbocycles. The van der Waals surface area contributed by atoms with Crippen LogP contribution in [-0.4, -0.2) is 35.7 Å². The Morgan fingerprint density at radius 1 is 1.53 bits per heavy atom. The van der Waals surface area contributed by atoms with Crippen molar-refractivity contribution in [1.29, 1.82) is 0 Å². The predicted octanol–water partition coefficient (Wildman–Crippen LogP) is 2.48. The van der Waals surface area contributed by atoms with Crippen LogP contribution in [-0.2, 0) is 6.42 Å². The molecule has 1 heterocycles. The number of hydrogen-bond acceptors (Lipinski definition) is 2. The topological polar surface area (TPSA) is 23.5 Å². The third-order valence-corrected chi connectivity index (χ3v) is 3.72. The van der Waals surface area contributed by atoms with Crippen LogP contribution < -0.4 is 0 Å². The molecule has 1 saturated heterocycles. The second-order valence-corrected chi connectivity index (χ2v) is 5.33. The van der Waals surface area contributed by atoms with Gasteiger partial charge in [-0.25, -0.2) is 4.39 Å². The molecule has 17 heavy (non-hydrogen) atoms. The molecule has 0 bridgehead atoms.